The zero-order valence-electron chi connectivity index (χ0n) is 17.7. The molecule has 4 rings (SSSR count). The maximum atomic E-state index is 12.8. The number of aromatic amines is 1. The Kier molecular flexibility index (Phi) is 6.24. The Morgan fingerprint density at radius 1 is 1.32 bits per heavy atom. The highest BCUT2D eigenvalue weighted by Crippen LogP contribution is 2.35. The minimum absolute atomic E-state index is 0.00340. The number of nitrogens with zero attached hydrogens (tertiary/aromatic N) is 2. The molecule has 0 radical (unpaired) electrons. The smallest absolute Gasteiger partial charge is 0.387 e. The Balaban J connectivity index is 1.51. The van der Waals surface area contributed by atoms with Crippen LogP contribution < -0.4 is 15.0 Å². The summed E-state index contributed by atoms with van der Waals surface area (Å²) in [6.45, 7) is 0.297. The van der Waals surface area contributed by atoms with E-state index in [0.717, 1.165) is 35.0 Å². The highest BCUT2D eigenvalue weighted by atomic mass is 32.1. The van der Waals surface area contributed by atoms with Crippen LogP contribution in [0, 0.1) is 5.92 Å². The Labute approximate surface area is 182 Å². The fourth-order valence-corrected chi connectivity index (χ4v) is 5.50. The molecule has 0 fully saturated rings. The second kappa shape index (κ2) is 8.92. The number of aryl methyl sites for hydroxylation is 1. The molecule has 0 spiro atoms. The average molecular weight is 450 g/mol. The fraction of sp³-hybridized carbons (Fsp3) is 0.455. The van der Waals surface area contributed by atoms with Crippen molar-refractivity contribution in [3.8, 4) is 11.5 Å². The molecule has 0 amide bonds. The normalized spacial score (nSPS) is 16.2. The molecule has 0 unspecified atom stereocenters. The van der Waals surface area contributed by atoms with Crippen molar-refractivity contribution < 1.29 is 18.3 Å². The third-order valence-electron chi connectivity index (χ3n) is 5.53. The van der Waals surface area contributed by atoms with Gasteiger partial charge in [0.25, 0.3) is 5.56 Å². The number of alkyl halides is 2. The third-order valence-corrected chi connectivity index (χ3v) is 6.68. The predicted molar refractivity (Wildman–Crippen MR) is 116 cm³/mol. The number of hydrogen-bond donors (Lipinski definition) is 1. The lowest BCUT2D eigenvalue weighted by Gasteiger charge is -2.18. The summed E-state index contributed by atoms with van der Waals surface area (Å²) in [6.07, 6.45) is 3.05. The van der Waals surface area contributed by atoms with E-state index in [1.807, 2.05) is 11.9 Å². The van der Waals surface area contributed by atoms with E-state index < -0.39 is 6.61 Å². The van der Waals surface area contributed by atoms with E-state index >= 15 is 0 Å². The molecule has 0 saturated heterocycles. The molecule has 31 heavy (non-hydrogen) atoms. The second-order valence-corrected chi connectivity index (χ2v) is 9.16. The molecule has 0 bridgehead atoms. The number of methoxy groups -OCH3 is 1. The van der Waals surface area contributed by atoms with Crippen molar-refractivity contribution in [2.45, 2.75) is 45.9 Å². The fourth-order valence-electron chi connectivity index (χ4n) is 4.10. The van der Waals surface area contributed by atoms with Gasteiger partial charge < -0.3 is 14.5 Å². The summed E-state index contributed by atoms with van der Waals surface area (Å²) in [5, 5.41) is 0.748. The lowest BCUT2D eigenvalue weighted by molar-refractivity contribution is -0.0512. The zero-order valence-corrected chi connectivity index (χ0v) is 18.5. The van der Waals surface area contributed by atoms with Crippen molar-refractivity contribution >= 4 is 21.6 Å². The van der Waals surface area contributed by atoms with Gasteiger partial charge in [-0.3, -0.25) is 9.69 Å². The largest absolute Gasteiger partial charge is 0.493 e. The third kappa shape index (κ3) is 4.72. The molecule has 1 aliphatic rings. The van der Waals surface area contributed by atoms with Gasteiger partial charge in [0.2, 0.25) is 0 Å². The molecular weight excluding hydrogens is 424 g/mol. The summed E-state index contributed by atoms with van der Waals surface area (Å²) in [5.74, 6) is 1.49. The van der Waals surface area contributed by atoms with Crippen LogP contribution in [0.15, 0.2) is 23.0 Å². The Morgan fingerprint density at radius 3 is 2.87 bits per heavy atom. The number of nitrogens with one attached hydrogen (secondary N) is 1. The van der Waals surface area contributed by atoms with Crippen molar-refractivity contribution in [3.05, 3.63) is 50.4 Å². The zero-order chi connectivity index (χ0) is 22.1. The molecule has 3 aromatic rings. The summed E-state index contributed by atoms with van der Waals surface area (Å²) >= 11 is 1.63. The van der Waals surface area contributed by atoms with Crippen LogP contribution in [0.25, 0.3) is 10.2 Å². The second-order valence-electron chi connectivity index (χ2n) is 8.08. The van der Waals surface area contributed by atoms with Gasteiger partial charge in [0.15, 0.2) is 11.5 Å². The molecule has 9 heteroatoms. The van der Waals surface area contributed by atoms with Gasteiger partial charge in [-0.15, -0.1) is 11.3 Å². The van der Waals surface area contributed by atoms with Gasteiger partial charge >= 0.3 is 6.61 Å². The van der Waals surface area contributed by atoms with Crippen LogP contribution >= 0.6 is 11.3 Å². The molecule has 1 aromatic carbocycles. The Morgan fingerprint density at radius 2 is 2.13 bits per heavy atom. The van der Waals surface area contributed by atoms with Crippen molar-refractivity contribution in [1.82, 2.24) is 14.9 Å². The van der Waals surface area contributed by atoms with Crippen LogP contribution in [0.3, 0.4) is 0 Å². The van der Waals surface area contributed by atoms with E-state index in [0.29, 0.717) is 24.8 Å². The number of benzene rings is 1. The highest BCUT2D eigenvalue weighted by Gasteiger charge is 2.23. The summed E-state index contributed by atoms with van der Waals surface area (Å²) in [5.41, 5.74) is 1.96. The monoisotopic (exact) mass is 449 g/mol. The van der Waals surface area contributed by atoms with Crippen LogP contribution in [0.1, 0.15) is 35.2 Å². The maximum Gasteiger partial charge on any atom is 0.387 e. The first-order valence-corrected chi connectivity index (χ1v) is 11.0. The summed E-state index contributed by atoms with van der Waals surface area (Å²) in [4.78, 5) is 24.5. The molecular formula is C22H25F2N3O3S. The molecule has 1 atom stereocenters. The number of aromatic nitrogens is 2. The Hall–Kier alpha value is -2.52. The molecule has 2 heterocycles. The van der Waals surface area contributed by atoms with Gasteiger partial charge in [-0.25, -0.2) is 4.98 Å². The van der Waals surface area contributed by atoms with Crippen LogP contribution in [0.2, 0.25) is 0 Å². The lowest BCUT2D eigenvalue weighted by Crippen LogP contribution is -2.22. The average Bonchev–Trinajstić information content (AvgIpc) is 3.06. The first kappa shape index (κ1) is 21.7. The number of thiophene rings is 1. The number of ether oxygens (including phenoxy) is 2. The van der Waals surface area contributed by atoms with Gasteiger partial charge in [0.05, 0.1) is 19.0 Å². The molecule has 0 aliphatic heterocycles. The van der Waals surface area contributed by atoms with Gasteiger partial charge in [0.1, 0.15) is 10.7 Å². The van der Waals surface area contributed by atoms with E-state index in [1.165, 1.54) is 23.6 Å². The predicted octanol–water partition coefficient (Wildman–Crippen LogP) is 4.35. The quantitative estimate of drug-likeness (QED) is 0.581. The van der Waals surface area contributed by atoms with Gasteiger partial charge in [-0.2, -0.15) is 8.78 Å². The van der Waals surface area contributed by atoms with Crippen LogP contribution in [-0.2, 0) is 25.9 Å². The molecule has 2 aromatic heterocycles. The van der Waals surface area contributed by atoms with Crippen molar-refractivity contribution in [1.29, 1.82) is 0 Å². The lowest BCUT2D eigenvalue weighted by atomic mass is 9.89. The number of rotatable bonds is 7. The van der Waals surface area contributed by atoms with E-state index in [9.17, 15) is 13.6 Å². The minimum atomic E-state index is -2.91. The van der Waals surface area contributed by atoms with Gasteiger partial charge in [0, 0.05) is 11.4 Å². The van der Waals surface area contributed by atoms with Crippen LogP contribution in [0.4, 0.5) is 8.78 Å². The SMILES string of the molecule is COc1cc(CN(C)Cc2nc3sc4c(c3c(=O)[nH]2)CC[C@@H](C)C4)ccc1OC(F)F. The first-order valence-electron chi connectivity index (χ1n) is 10.2. The molecule has 166 valence electrons. The van der Waals surface area contributed by atoms with E-state index in [-0.39, 0.29) is 17.1 Å². The molecule has 0 saturated carbocycles. The Bertz CT molecular complexity index is 1140. The van der Waals surface area contributed by atoms with Crippen molar-refractivity contribution in [2.75, 3.05) is 14.2 Å². The summed E-state index contributed by atoms with van der Waals surface area (Å²) < 4.78 is 34.6. The van der Waals surface area contributed by atoms with Crippen LogP contribution in [0.5, 0.6) is 11.5 Å². The first-order chi connectivity index (χ1) is 14.8. The number of halogens is 2. The topological polar surface area (TPSA) is 67.5 Å². The minimum Gasteiger partial charge on any atom is -0.493 e. The molecule has 1 N–H and O–H groups in total. The number of H-pyrrole nitrogens is 1. The molecule has 1 aliphatic carbocycles. The van der Waals surface area contributed by atoms with E-state index in [2.05, 4.69) is 16.6 Å². The molecule has 6 nitrogen and oxygen atoms in total. The number of fused-ring (bicyclic) bond motifs is 3. The highest BCUT2D eigenvalue weighted by molar-refractivity contribution is 7.18. The van der Waals surface area contributed by atoms with Crippen LogP contribution in [-0.4, -0.2) is 35.6 Å². The standard InChI is InChI=1S/C22H25F2N3O3S/c1-12-4-6-14-17(8-12)31-21-19(14)20(28)25-18(26-21)11-27(2)10-13-5-7-15(30-22(23)24)16(9-13)29-3/h5,7,9,12,22H,4,6,8,10-11H2,1-3H3,(H,25,26,28)/t12-/m1/s1. The number of hydrogen-bond acceptors (Lipinski definition) is 6. The summed E-state index contributed by atoms with van der Waals surface area (Å²) in [7, 11) is 3.31. The van der Waals surface area contributed by atoms with E-state index in [1.54, 1.807) is 23.5 Å². The van der Waals surface area contributed by atoms with E-state index in [4.69, 9.17) is 9.72 Å². The summed E-state index contributed by atoms with van der Waals surface area (Å²) in [6, 6.07) is 4.85. The van der Waals surface area contributed by atoms with Gasteiger partial charge in [-0.05, 0) is 55.5 Å². The van der Waals surface area contributed by atoms with Crippen molar-refractivity contribution in [2.24, 2.45) is 5.92 Å². The maximum absolute atomic E-state index is 12.8. The van der Waals surface area contributed by atoms with Crippen molar-refractivity contribution in [3.63, 3.8) is 0 Å². The van der Waals surface area contributed by atoms with Gasteiger partial charge in [-0.1, -0.05) is 13.0 Å².